The molecule has 2 rings (SSSR count). The molecule has 0 saturated heterocycles. The highest BCUT2D eigenvalue weighted by Gasteiger charge is 2.33. The summed E-state index contributed by atoms with van der Waals surface area (Å²) in [5, 5.41) is 2.03. The average Bonchev–Trinajstić information content (AvgIpc) is 2.64. The van der Waals surface area contributed by atoms with Crippen LogP contribution in [-0.2, 0) is 11.3 Å². The van der Waals surface area contributed by atoms with Crippen molar-refractivity contribution in [3.05, 3.63) is 22.4 Å². The van der Waals surface area contributed by atoms with Gasteiger partial charge in [-0.05, 0) is 24.3 Å². The van der Waals surface area contributed by atoms with E-state index in [1.54, 1.807) is 11.3 Å². The molecular formula is C11H16N2OS. The fourth-order valence-corrected chi connectivity index (χ4v) is 2.65. The summed E-state index contributed by atoms with van der Waals surface area (Å²) in [7, 11) is 1.87. The van der Waals surface area contributed by atoms with Crippen LogP contribution < -0.4 is 5.73 Å². The smallest absolute Gasteiger partial charge is 0.225 e. The monoisotopic (exact) mass is 224 g/mol. The minimum Gasteiger partial charge on any atom is -0.340 e. The summed E-state index contributed by atoms with van der Waals surface area (Å²) in [6, 6.07) is 4.31. The molecule has 0 unspecified atom stereocenters. The number of carbonyl (C=O) groups is 1. The van der Waals surface area contributed by atoms with Crippen molar-refractivity contribution in [2.45, 2.75) is 25.4 Å². The SMILES string of the molecule is CN(Cc1cccs1)C(=O)C1CC(N)C1. The molecule has 2 N–H and O–H groups in total. The third-order valence-corrected chi connectivity index (χ3v) is 3.73. The van der Waals surface area contributed by atoms with E-state index in [0.717, 1.165) is 19.4 Å². The first kappa shape index (κ1) is 10.6. The molecule has 82 valence electrons. The summed E-state index contributed by atoms with van der Waals surface area (Å²) >= 11 is 1.69. The summed E-state index contributed by atoms with van der Waals surface area (Å²) in [5.41, 5.74) is 5.67. The maximum absolute atomic E-state index is 11.9. The minimum atomic E-state index is 0.171. The maximum Gasteiger partial charge on any atom is 0.225 e. The number of hydrogen-bond acceptors (Lipinski definition) is 3. The molecule has 0 aliphatic heterocycles. The first-order valence-electron chi connectivity index (χ1n) is 5.19. The van der Waals surface area contributed by atoms with Crippen molar-refractivity contribution < 1.29 is 4.79 Å². The maximum atomic E-state index is 11.9. The lowest BCUT2D eigenvalue weighted by molar-refractivity contribution is -0.137. The van der Waals surface area contributed by atoms with Crippen LogP contribution in [0, 0.1) is 5.92 Å². The Bertz CT molecular complexity index is 330. The predicted octanol–water partition coefficient (Wildman–Crippen LogP) is 1.44. The largest absolute Gasteiger partial charge is 0.340 e. The number of carbonyl (C=O) groups excluding carboxylic acids is 1. The van der Waals surface area contributed by atoms with Crippen molar-refractivity contribution in [3.63, 3.8) is 0 Å². The minimum absolute atomic E-state index is 0.171. The van der Waals surface area contributed by atoms with E-state index in [2.05, 4.69) is 6.07 Å². The summed E-state index contributed by atoms with van der Waals surface area (Å²) in [6.07, 6.45) is 1.71. The number of rotatable bonds is 3. The molecule has 0 bridgehead atoms. The molecule has 1 amide bonds. The van der Waals surface area contributed by atoms with E-state index in [4.69, 9.17) is 5.73 Å². The fourth-order valence-electron chi connectivity index (χ4n) is 1.89. The van der Waals surface area contributed by atoms with Gasteiger partial charge in [-0.2, -0.15) is 0 Å². The second-order valence-electron chi connectivity index (χ2n) is 4.20. The van der Waals surface area contributed by atoms with E-state index < -0.39 is 0 Å². The third kappa shape index (κ3) is 2.38. The normalized spacial score (nSPS) is 24.7. The molecule has 1 aromatic heterocycles. The average molecular weight is 224 g/mol. The van der Waals surface area contributed by atoms with Gasteiger partial charge < -0.3 is 10.6 Å². The van der Waals surface area contributed by atoms with Crippen molar-refractivity contribution in [2.24, 2.45) is 11.7 Å². The molecule has 1 heterocycles. The van der Waals surface area contributed by atoms with Gasteiger partial charge in [-0.3, -0.25) is 4.79 Å². The van der Waals surface area contributed by atoms with Crippen LogP contribution >= 0.6 is 11.3 Å². The first-order valence-corrected chi connectivity index (χ1v) is 6.07. The summed E-state index contributed by atoms with van der Waals surface area (Å²) in [4.78, 5) is 14.9. The molecule has 3 nitrogen and oxygen atoms in total. The lowest BCUT2D eigenvalue weighted by atomic mass is 9.80. The van der Waals surface area contributed by atoms with Crippen molar-refractivity contribution >= 4 is 17.2 Å². The van der Waals surface area contributed by atoms with Crippen LogP contribution in [0.15, 0.2) is 17.5 Å². The summed E-state index contributed by atoms with van der Waals surface area (Å²) in [5.74, 6) is 0.412. The lowest BCUT2D eigenvalue weighted by Crippen LogP contribution is -2.45. The zero-order valence-electron chi connectivity index (χ0n) is 8.85. The Balaban J connectivity index is 1.85. The number of thiophene rings is 1. The first-order chi connectivity index (χ1) is 7.16. The molecule has 1 fully saturated rings. The topological polar surface area (TPSA) is 46.3 Å². The standard InChI is InChI=1S/C11H16N2OS/c1-13(7-10-3-2-4-15-10)11(14)8-5-9(12)6-8/h2-4,8-9H,5-7,12H2,1H3. The van der Waals surface area contributed by atoms with Crippen molar-refractivity contribution in [2.75, 3.05) is 7.05 Å². The van der Waals surface area contributed by atoms with E-state index >= 15 is 0 Å². The Morgan fingerprint density at radius 2 is 2.40 bits per heavy atom. The van der Waals surface area contributed by atoms with Crippen LogP contribution in [0.5, 0.6) is 0 Å². The zero-order chi connectivity index (χ0) is 10.8. The molecule has 15 heavy (non-hydrogen) atoms. The van der Waals surface area contributed by atoms with Crippen LogP contribution in [0.2, 0.25) is 0 Å². The summed E-state index contributed by atoms with van der Waals surface area (Å²) in [6.45, 7) is 0.724. The van der Waals surface area contributed by atoms with Gasteiger partial charge in [-0.1, -0.05) is 6.07 Å². The van der Waals surface area contributed by atoms with Crippen LogP contribution in [0.25, 0.3) is 0 Å². The van der Waals surface area contributed by atoms with Crippen LogP contribution in [0.1, 0.15) is 17.7 Å². The van der Waals surface area contributed by atoms with Gasteiger partial charge in [0, 0.05) is 23.9 Å². The molecule has 0 atom stereocenters. The lowest BCUT2D eigenvalue weighted by Gasteiger charge is -2.34. The van der Waals surface area contributed by atoms with Crippen LogP contribution in [0.3, 0.4) is 0 Å². The number of nitrogens with two attached hydrogens (primary N) is 1. The second-order valence-corrected chi connectivity index (χ2v) is 5.23. The Labute approximate surface area is 93.9 Å². The molecule has 0 radical (unpaired) electrons. The molecule has 1 aliphatic carbocycles. The molecule has 4 heteroatoms. The molecule has 0 aromatic carbocycles. The summed E-state index contributed by atoms with van der Waals surface area (Å²) < 4.78 is 0. The highest BCUT2D eigenvalue weighted by molar-refractivity contribution is 7.09. The highest BCUT2D eigenvalue weighted by atomic mass is 32.1. The molecule has 1 saturated carbocycles. The molecule has 1 aliphatic rings. The number of hydrogen-bond donors (Lipinski definition) is 1. The molecular weight excluding hydrogens is 208 g/mol. The van der Waals surface area contributed by atoms with Gasteiger partial charge in [-0.15, -0.1) is 11.3 Å². The van der Waals surface area contributed by atoms with E-state index in [1.807, 2.05) is 23.4 Å². The van der Waals surface area contributed by atoms with E-state index in [1.165, 1.54) is 4.88 Å². The van der Waals surface area contributed by atoms with Crippen molar-refractivity contribution in [1.29, 1.82) is 0 Å². The van der Waals surface area contributed by atoms with Gasteiger partial charge in [0.05, 0.1) is 6.54 Å². The van der Waals surface area contributed by atoms with Gasteiger partial charge in [-0.25, -0.2) is 0 Å². The van der Waals surface area contributed by atoms with E-state index in [9.17, 15) is 4.79 Å². The number of nitrogens with zero attached hydrogens (tertiary/aromatic N) is 1. The van der Waals surface area contributed by atoms with Crippen molar-refractivity contribution in [3.8, 4) is 0 Å². The van der Waals surface area contributed by atoms with E-state index in [0.29, 0.717) is 0 Å². The van der Waals surface area contributed by atoms with Crippen molar-refractivity contribution in [1.82, 2.24) is 4.90 Å². The van der Waals surface area contributed by atoms with Gasteiger partial charge in [0.2, 0.25) is 5.91 Å². The van der Waals surface area contributed by atoms with Gasteiger partial charge in [0.25, 0.3) is 0 Å². The molecule has 1 aromatic rings. The Hall–Kier alpha value is -0.870. The van der Waals surface area contributed by atoms with Crippen LogP contribution in [0.4, 0.5) is 0 Å². The zero-order valence-corrected chi connectivity index (χ0v) is 9.67. The predicted molar refractivity (Wildman–Crippen MR) is 61.5 cm³/mol. The fraction of sp³-hybridized carbons (Fsp3) is 0.545. The third-order valence-electron chi connectivity index (χ3n) is 2.87. The number of amides is 1. The Kier molecular flexibility index (Phi) is 3.07. The molecule has 0 spiro atoms. The Morgan fingerprint density at radius 1 is 1.67 bits per heavy atom. The van der Waals surface area contributed by atoms with Crippen LogP contribution in [-0.4, -0.2) is 23.9 Å². The van der Waals surface area contributed by atoms with Gasteiger partial charge in [0.15, 0.2) is 0 Å². The highest BCUT2D eigenvalue weighted by Crippen LogP contribution is 2.27. The van der Waals surface area contributed by atoms with Gasteiger partial charge in [0.1, 0.15) is 0 Å². The Morgan fingerprint density at radius 3 is 2.93 bits per heavy atom. The van der Waals surface area contributed by atoms with E-state index in [-0.39, 0.29) is 17.9 Å². The van der Waals surface area contributed by atoms with Gasteiger partial charge >= 0.3 is 0 Å². The second kappa shape index (κ2) is 4.33. The quantitative estimate of drug-likeness (QED) is 0.844.